The molecule has 0 aromatic heterocycles. The molecule has 0 aliphatic carbocycles. The van der Waals surface area contributed by atoms with Crippen LogP contribution in [0.15, 0.2) is 0 Å². The molecule has 1 nitrogen and oxygen atoms in total. The van der Waals surface area contributed by atoms with Crippen LogP contribution in [0.3, 0.4) is 0 Å². The van der Waals surface area contributed by atoms with E-state index in [1.54, 1.807) is 5.67 Å². The van der Waals surface area contributed by atoms with Crippen molar-refractivity contribution in [2.24, 2.45) is 0 Å². The Hall–Kier alpha value is 0.394. The molecule has 1 saturated heterocycles. The Morgan fingerprint density at radius 3 is 1.77 bits per heavy atom. The summed E-state index contributed by atoms with van der Waals surface area (Å²) in [5.41, 5.74) is 1.57. The van der Waals surface area contributed by atoms with E-state index in [2.05, 4.69) is 37.3 Å². The van der Waals surface area contributed by atoms with Gasteiger partial charge in [0.15, 0.2) is 0 Å². The van der Waals surface area contributed by atoms with Crippen molar-refractivity contribution < 1.29 is 0 Å². The van der Waals surface area contributed by atoms with Crippen LogP contribution >= 0.6 is 0 Å². The highest BCUT2D eigenvalue weighted by Gasteiger charge is 2.35. The van der Waals surface area contributed by atoms with Crippen LogP contribution < -0.4 is 0 Å². The molecule has 13 heavy (non-hydrogen) atoms. The molecule has 1 aliphatic heterocycles. The lowest BCUT2D eigenvalue weighted by molar-refractivity contribution is 0.522. The van der Waals surface area contributed by atoms with E-state index < -0.39 is 16.3 Å². The summed E-state index contributed by atoms with van der Waals surface area (Å²) < 4.78 is 2.82. The predicted octanol–water partition coefficient (Wildman–Crippen LogP) is 3.16. The molecule has 0 aromatic rings. The molecule has 0 aromatic carbocycles. The van der Waals surface area contributed by atoms with E-state index in [4.69, 9.17) is 0 Å². The minimum atomic E-state index is -1.01. The lowest BCUT2D eigenvalue weighted by atomic mass is 10.4. The van der Waals surface area contributed by atoms with Gasteiger partial charge in [-0.25, -0.2) is 0 Å². The summed E-state index contributed by atoms with van der Waals surface area (Å²) in [5.74, 6) is 0. The fourth-order valence-electron chi connectivity index (χ4n) is 2.73. The van der Waals surface area contributed by atoms with Gasteiger partial charge in [0, 0.05) is 8.07 Å². The molecule has 1 aliphatic rings. The van der Waals surface area contributed by atoms with Crippen LogP contribution in [0.25, 0.3) is 0 Å². The highest BCUT2D eigenvalue weighted by atomic mass is 28.4. The standard InChI is InChI=1S/C10H25NSi2/c1-12(2,3)10-13(4,5)11-8-6-7-9-11/h6-10H2,1-5H3. The summed E-state index contributed by atoms with van der Waals surface area (Å²) in [6.45, 7) is 15.5. The zero-order valence-electron chi connectivity index (χ0n) is 9.98. The van der Waals surface area contributed by atoms with Gasteiger partial charge in [-0.2, -0.15) is 0 Å². The number of nitrogens with zero attached hydrogens (tertiary/aromatic N) is 1. The molecule has 0 saturated carbocycles. The summed E-state index contributed by atoms with van der Waals surface area (Å²) in [6, 6.07) is 0. The molecule has 1 heterocycles. The minimum Gasteiger partial charge on any atom is -0.324 e. The summed E-state index contributed by atoms with van der Waals surface area (Å²) in [6.07, 6.45) is 2.89. The van der Waals surface area contributed by atoms with Crippen molar-refractivity contribution in [2.75, 3.05) is 13.1 Å². The van der Waals surface area contributed by atoms with Crippen LogP contribution in [-0.4, -0.2) is 34.0 Å². The Bertz CT molecular complexity index is 166. The molecule has 0 amide bonds. The first-order chi connectivity index (χ1) is 5.81. The smallest absolute Gasteiger partial charge is 0.119 e. The normalized spacial score (nSPS) is 21.0. The Morgan fingerprint density at radius 2 is 1.38 bits per heavy atom. The van der Waals surface area contributed by atoms with Crippen molar-refractivity contribution >= 4 is 16.3 Å². The lowest BCUT2D eigenvalue weighted by Gasteiger charge is -2.37. The van der Waals surface area contributed by atoms with Gasteiger partial charge < -0.3 is 4.57 Å². The van der Waals surface area contributed by atoms with E-state index in [0.717, 1.165) is 0 Å². The molecule has 0 unspecified atom stereocenters. The second-order valence-corrected chi connectivity index (χ2v) is 17.0. The molecule has 0 bridgehead atoms. The summed E-state index contributed by atoms with van der Waals surface area (Å²) in [5, 5.41) is 0. The van der Waals surface area contributed by atoms with Gasteiger partial charge in [-0.15, -0.1) is 0 Å². The van der Waals surface area contributed by atoms with Crippen LogP contribution in [-0.2, 0) is 0 Å². The lowest BCUT2D eigenvalue weighted by Crippen LogP contribution is -2.51. The predicted molar refractivity (Wildman–Crippen MR) is 66.4 cm³/mol. The van der Waals surface area contributed by atoms with Gasteiger partial charge in [0.1, 0.15) is 8.24 Å². The van der Waals surface area contributed by atoms with Gasteiger partial charge in [0.05, 0.1) is 0 Å². The van der Waals surface area contributed by atoms with Gasteiger partial charge in [-0.3, -0.25) is 0 Å². The Balaban J connectivity index is 2.53. The van der Waals surface area contributed by atoms with Gasteiger partial charge in [-0.05, 0) is 31.6 Å². The van der Waals surface area contributed by atoms with E-state index in [-0.39, 0.29) is 0 Å². The third-order valence-corrected chi connectivity index (χ3v) is 12.8. The van der Waals surface area contributed by atoms with Crippen molar-refractivity contribution in [1.29, 1.82) is 0 Å². The second kappa shape index (κ2) is 3.87. The van der Waals surface area contributed by atoms with Crippen LogP contribution in [0, 0.1) is 0 Å². The van der Waals surface area contributed by atoms with Crippen LogP contribution in [0.2, 0.25) is 38.4 Å². The topological polar surface area (TPSA) is 3.24 Å². The van der Waals surface area contributed by atoms with Crippen LogP contribution in [0.5, 0.6) is 0 Å². The third kappa shape index (κ3) is 3.56. The zero-order valence-corrected chi connectivity index (χ0v) is 12.0. The van der Waals surface area contributed by atoms with Gasteiger partial charge >= 0.3 is 0 Å². The third-order valence-electron chi connectivity index (χ3n) is 2.93. The Kier molecular flexibility index (Phi) is 3.41. The van der Waals surface area contributed by atoms with Crippen molar-refractivity contribution in [1.82, 2.24) is 4.57 Å². The van der Waals surface area contributed by atoms with Gasteiger partial charge in [0.25, 0.3) is 0 Å². The summed E-state index contributed by atoms with van der Waals surface area (Å²) in [4.78, 5) is 0. The number of hydrogen-bond donors (Lipinski definition) is 0. The Morgan fingerprint density at radius 1 is 0.923 bits per heavy atom. The quantitative estimate of drug-likeness (QED) is 0.654. The summed E-state index contributed by atoms with van der Waals surface area (Å²) in [7, 11) is -1.85. The average Bonchev–Trinajstić information content (AvgIpc) is 2.29. The molecule has 0 atom stereocenters. The maximum atomic E-state index is 2.82. The fraction of sp³-hybridized carbons (Fsp3) is 1.00. The largest absolute Gasteiger partial charge is 0.324 e. The van der Waals surface area contributed by atoms with Crippen molar-refractivity contribution in [2.45, 2.75) is 51.2 Å². The molecule has 3 heteroatoms. The van der Waals surface area contributed by atoms with Crippen molar-refractivity contribution in [3.05, 3.63) is 0 Å². The number of rotatable bonds is 3. The highest BCUT2D eigenvalue weighted by molar-refractivity contribution is 6.93. The van der Waals surface area contributed by atoms with Crippen molar-refractivity contribution in [3.63, 3.8) is 0 Å². The first-order valence-electron chi connectivity index (χ1n) is 5.56. The molecule has 1 fully saturated rings. The molecular formula is C10H25NSi2. The van der Waals surface area contributed by atoms with Crippen LogP contribution in [0.4, 0.5) is 0 Å². The fourth-order valence-corrected chi connectivity index (χ4v) is 15.5. The highest BCUT2D eigenvalue weighted by Crippen LogP contribution is 2.26. The van der Waals surface area contributed by atoms with E-state index >= 15 is 0 Å². The van der Waals surface area contributed by atoms with E-state index in [1.165, 1.54) is 25.9 Å². The molecule has 0 spiro atoms. The maximum absolute atomic E-state index is 2.82. The van der Waals surface area contributed by atoms with Crippen molar-refractivity contribution in [3.8, 4) is 0 Å². The zero-order chi connectivity index (χ0) is 10.1. The van der Waals surface area contributed by atoms with E-state index in [1.807, 2.05) is 0 Å². The summed E-state index contributed by atoms with van der Waals surface area (Å²) >= 11 is 0. The minimum absolute atomic E-state index is 0.840. The van der Waals surface area contributed by atoms with E-state index in [9.17, 15) is 0 Å². The first kappa shape index (κ1) is 11.5. The first-order valence-corrected chi connectivity index (χ1v) is 12.4. The SMILES string of the molecule is C[Si](C)(C)C[Si](C)(C)N1CCCC1. The van der Waals surface area contributed by atoms with Gasteiger partial charge in [0.2, 0.25) is 0 Å². The molecule has 0 N–H and O–H groups in total. The monoisotopic (exact) mass is 215 g/mol. The van der Waals surface area contributed by atoms with Crippen LogP contribution in [0.1, 0.15) is 12.8 Å². The second-order valence-electron chi connectivity index (χ2n) is 6.24. The Labute approximate surface area is 85.6 Å². The molecule has 0 radical (unpaired) electrons. The van der Waals surface area contributed by atoms with E-state index in [0.29, 0.717) is 0 Å². The number of hydrogen-bond acceptors (Lipinski definition) is 1. The average molecular weight is 215 g/mol. The van der Waals surface area contributed by atoms with Gasteiger partial charge in [-0.1, -0.05) is 32.7 Å². The molecule has 78 valence electrons. The maximum Gasteiger partial charge on any atom is 0.119 e. The molecular weight excluding hydrogens is 190 g/mol. The molecule has 1 rings (SSSR count).